The fourth-order valence-electron chi connectivity index (χ4n) is 5.95. The first-order chi connectivity index (χ1) is 22.0. The van der Waals surface area contributed by atoms with Gasteiger partial charge in [-0.2, -0.15) is 0 Å². The zero-order valence-corrected chi connectivity index (χ0v) is 28.5. The van der Waals surface area contributed by atoms with E-state index in [0.717, 1.165) is 46.5 Å². The molecule has 0 saturated heterocycles. The van der Waals surface area contributed by atoms with Crippen LogP contribution in [0.2, 0.25) is 0 Å². The summed E-state index contributed by atoms with van der Waals surface area (Å²) in [5, 5.41) is 10.9. The first kappa shape index (κ1) is 33.3. The van der Waals surface area contributed by atoms with Crippen LogP contribution in [-0.2, 0) is 12.8 Å². The van der Waals surface area contributed by atoms with E-state index in [1.165, 1.54) is 19.2 Å². The number of amides is 1. The zero-order chi connectivity index (χ0) is 33.0. The molecular weight excluding hydrogens is 616 g/mol. The van der Waals surface area contributed by atoms with Crippen LogP contribution in [0.4, 0.5) is 4.79 Å². The van der Waals surface area contributed by atoms with Crippen LogP contribution in [0.5, 0.6) is 5.75 Å². The zero-order valence-electron chi connectivity index (χ0n) is 26.6. The van der Waals surface area contributed by atoms with E-state index in [9.17, 15) is 14.5 Å². The Morgan fingerprint density at radius 1 is 1.20 bits per heavy atom. The fraction of sp³-hybridized carbons (Fsp3) is 0.294. The van der Waals surface area contributed by atoms with Crippen LogP contribution < -0.4 is 15.6 Å². The summed E-state index contributed by atoms with van der Waals surface area (Å²) in [4.78, 5) is 44.8. The third kappa shape index (κ3) is 7.32. The van der Waals surface area contributed by atoms with E-state index in [0.29, 0.717) is 35.5 Å². The Morgan fingerprint density at radius 3 is 2.63 bits per heavy atom. The van der Waals surface area contributed by atoms with Crippen LogP contribution in [0.15, 0.2) is 76.5 Å². The predicted octanol–water partition coefficient (Wildman–Crippen LogP) is 7.03. The lowest BCUT2D eigenvalue weighted by atomic mass is 9.93. The molecule has 0 fully saturated rings. The Bertz CT molecular complexity index is 1860. The molecule has 4 aromatic rings. The van der Waals surface area contributed by atoms with E-state index < -0.39 is 0 Å². The number of nitrogens with zero attached hydrogens (tertiary/aromatic N) is 3. The molecule has 12 heteroatoms. The summed E-state index contributed by atoms with van der Waals surface area (Å²) in [6, 6.07) is 21.2. The molecule has 1 aliphatic heterocycles. The molecule has 0 radical (unpaired) electrons. The second-order valence-corrected chi connectivity index (χ2v) is 14.5. The number of amidine groups is 1. The molecule has 46 heavy (non-hydrogen) atoms. The predicted molar refractivity (Wildman–Crippen MR) is 191 cm³/mol. The van der Waals surface area contributed by atoms with E-state index in [1.807, 2.05) is 87.5 Å². The van der Waals surface area contributed by atoms with Crippen LogP contribution >= 0.6 is 19.3 Å². The molecule has 2 atom stereocenters. The number of benzene rings is 3. The quantitative estimate of drug-likeness (QED) is 0.0623. The Labute approximate surface area is 275 Å². The lowest BCUT2D eigenvalue weighted by Gasteiger charge is -2.37. The fourth-order valence-corrected chi connectivity index (χ4v) is 8.06. The number of aromatic nitrogens is 2. The minimum Gasteiger partial charge on any atom is -0.487 e. The summed E-state index contributed by atoms with van der Waals surface area (Å²) in [6.07, 6.45) is 2.68. The Morgan fingerprint density at radius 2 is 1.93 bits per heavy atom. The van der Waals surface area contributed by atoms with Crippen molar-refractivity contribution in [1.82, 2.24) is 14.9 Å². The molecule has 236 valence electrons. The summed E-state index contributed by atoms with van der Waals surface area (Å²) in [7, 11) is 1.27. The maximum absolute atomic E-state index is 14.3. The monoisotopic (exact) mass is 653 g/mol. The van der Waals surface area contributed by atoms with Gasteiger partial charge in [0.05, 0.1) is 11.4 Å². The average molecular weight is 654 g/mol. The van der Waals surface area contributed by atoms with Crippen molar-refractivity contribution >= 4 is 38.8 Å². The summed E-state index contributed by atoms with van der Waals surface area (Å²) >= 11 is 1.51. The van der Waals surface area contributed by atoms with Gasteiger partial charge in [0.2, 0.25) is 7.85 Å². The molecule has 2 unspecified atom stereocenters. The van der Waals surface area contributed by atoms with Crippen molar-refractivity contribution in [3.05, 3.63) is 116 Å². The summed E-state index contributed by atoms with van der Waals surface area (Å²) in [6.45, 7) is 8.01. The number of nitrogens with one attached hydrogen (secondary N) is 2. The van der Waals surface area contributed by atoms with Crippen LogP contribution in [0.1, 0.15) is 72.6 Å². The molecule has 9 nitrogen and oxygen atoms in total. The summed E-state index contributed by atoms with van der Waals surface area (Å²) in [5.74, 6) is 1.12. The van der Waals surface area contributed by atoms with Gasteiger partial charge in [0, 0.05) is 34.8 Å². The van der Waals surface area contributed by atoms with E-state index in [1.54, 1.807) is 4.57 Å². The SMILES string of the molecule is BC(=O)NC(=N)c1ccccc1-c1ccc(Cc2c(CCC)nc(C)n(-c3ccc4c(c3)C(SPN=O)CC(C)(C)O4)c2=O)cc1. The highest BCUT2D eigenvalue weighted by Gasteiger charge is 2.34. The maximum atomic E-state index is 14.3. The van der Waals surface area contributed by atoms with E-state index in [-0.39, 0.29) is 36.0 Å². The van der Waals surface area contributed by atoms with Crippen molar-refractivity contribution in [2.45, 2.75) is 64.2 Å². The number of aryl methyl sites for hydroxylation is 2. The van der Waals surface area contributed by atoms with Crippen LogP contribution in [0, 0.1) is 17.2 Å². The molecule has 0 aliphatic carbocycles. The normalized spacial score (nSPS) is 15.3. The van der Waals surface area contributed by atoms with Gasteiger partial charge >= 0.3 is 0 Å². The number of carbonyl (C=O) groups is 1. The summed E-state index contributed by atoms with van der Waals surface area (Å²) < 4.78 is 7.94. The third-order valence-corrected chi connectivity index (χ3v) is 10.2. The smallest absolute Gasteiger partial charge is 0.261 e. The third-order valence-electron chi connectivity index (χ3n) is 7.95. The van der Waals surface area contributed by atoms with Crippen molar-refractivity contribution in [3.63, 3.8) is 0 Å². The van der Waals surface area contributed by atoms with Gasteiger partial charge in [0.1, 0.15) is 30.9 Å². The number of fused-ring (bicyclic) bond motifs is 1. The minimum absolute atomic E-state index is 0.0168. The molecule has 0 bridgehead atoms. The second-order valence-electron chi connectivity index (χ2n) is 12.0. The highest BCUT2D eigenvalue weighted by atomic mass is 32.7. The molecule has 0 saturated carbocycles. The summed E-state index contributed by atoms with van der Waals surface area (Å²) in [5.41, 5.74) is 5.96. The molecule has 1 amide bonds. The van der Waals surface area contributed by atoms with Gasteiger partial charge in [-0.25, -0.2) is 4.98 Å². The molecule has 2 N–H and O–H groups in total. The number of rotatable bonds is 10. The maximum Gasteiger partial charge on any atom is 0.261 e. The van der Waals surface area contributed by atoms with E-state index in [2.05, 4.69) is 17.2 Å². The topological polar surface area (TPSA) is 127 Å². The molecule has 1 aromatic heterocycles. The van der Waals surface area contributed by atoms with Gasteiger partial charge in [0.25, 0.3) is 5.56 Å². The van der Waals surface area contributed by atoms with Crippen molar-refractivity contribution in [1.29, 1.82) is 5.41 Å². The number of carbonyl (C=O) groups excluding carboxylic acids is 1. The molecular formula is C34H37BN5O4PS. The Hall–Kier alpha value is -4.08. The average Bonchev–Trinajstić information content (AvgIpc) is 3.01. The number of hydrogen-bond acceptors (Lipinski definition) is 8. The van der Waals surface area contributed by atoms with Crippen molar-refractivity contribution < 1.29 is 9.53 Å². The van der Waals surface area contributed by atoms with Crippen LogP contribution in [-0.4, -0.2) is 34.6 Å². The van der Waals surface area contributed by atoms with Gasteiger partial charge in [-0.1, -0.05) is 61.9 Å². The van der Waals surface area contributed by atoms with Crippen LogP contribution in [0.25, 0.3) is 16.8 Å². The van der Waals surface area contributed by atoms with Crippen molar-refractivity contribution in [3.8, 4) is 22.6 Å². The largest absolute Gasteiger partial charge is 0.487 e. The Kier molecular flexibility index (Phi) is 10.2. The van der Waals surface area contributed by atoms with E-state index >= 15 is 0 Å². The standard InChI is InChI=1S/C34H37BN5O4PS/c1-5-8-28-26(17-21-11-13-22(14-12-21)24-9-6-7-10-25(24)31(36)38-33(35)42)32(41)40(20(2)37-28)23-15-16-29-27(18-23)30(46-45-39-43)19-34(3,4)44-29/h6-7,9-16,18,30,45H,5,8,17,19,35H2,1-4H3,(H2,36,38,42). The molecule has 1 aliphatic rings. The molecule has 0 spiro atoms. The highest BCUT2D eigenvalue weighted by molar-refractivity contribution is 8.49. The first-order valence-electron chi connectivity index (χ1n) is 15.2. The highest BCUT2D eigenvalue weighted by Crippen LogP contribution is 2.53. The van der Waals surface area contributed by atoms with Crippen molar-refractivity contribution in [2.75, 3.05) is 0 Å². The number of nitroso groups, excluding NO2 is 1. The van der Waals surface area contributed by atoms with Gasteiger partial charge in [-0.3, -0.25) is 19.6 Å². The molecule has 5 rings (SSSR count). The van der Waals surface area contributed by atoms with Crippen LogP contribution in [0.3, 0.4) is 0 Å². The lowest BCUT2D eigenvalue weighted by molar-refractivity contribution is 0.0836. The van der Waals surface area contributed by atoms with Gasteiger partial charge in [0.15, 0.2) is 5.81 Å². The molecule has 3 aromatic carbocycles. The Balaban J connectivity index is 1.51. The van der Waals surface area contributed by atoms with Gasteiger partial charge in [-0.05, 0) is 67.0 Å². The van der Waals surface area contributed by atoms with Crippen molar-refractivity contribution in [2.24, 2.45) is 4.95 Å². The number of hydrogen-bond donors (Lipinski definition) is 2. The second kappa shape index (κ2) is 14.1. The van der Waals surface area contributed by atoms with Gasteiger partial charge < -0.3 is 10.1 Å². The lowest BCUT2D eigenvalue weighted by Crippen LogP contribution is -2.34. The van der Waals surface area contributed by atoms with E-state index in [4.69, 9.17) is 15.1 Å². The first-order valence-corrected chi connectivity index (χ1v) is 17.8. The molecule has 2 heterocycles. The minimum atomic E-state index is -0.381. The van der Waals surface area contributed by atoms with Gasteiger partial charge in [-0.15, -0.1) is 16.3 Å². The number of ether oxygens (including phenoxy) is 1.